The Labute approximate surface area is 337 Å². The number of aliphatic hydroxyl groups is 10. The lowest BCUT2D eigenvalue weighted by molar-refractivity contribution is -0.372. The third kappa shape index (κ3) is 8.38. The van der Waals surface area contributed by atoms with Gasteiger partial charge < -0.3 is 109 Å². The minimum atomic E-state index is -2.06. The van der Waals surface area contributed by atoms with Crippen LogP contribution in [0.1, 0.15) is 6.92 Å². The Morgan fingerprint density at radius 1 is 0.700 bits per heavy atom. The Hall–Kier alpha value is -3.83. The van der Waals surface area contributed by atoms with E-state index in [1.54, 1.807) is 0 Å². The normalized spacial score (nSPS) is 40.0. The molecule has 0 amide bonds. The molecule has 1 aromatic heterocycles. The summed E-state index contributed by atoms with van der Waals surface area (Å²) >= 11 is 0. The second-order valence-corrected chi connectivity index (χ2v) is 15.0. The Morgan fingerprint density at radius 3 is 1.98 bits per heavy atom. The van der Waals surface area contributed by atoms with Crippen molar-refractivity contribution in [2.75, 3.05) is 26.4 Å². The maximum atomic E-state index is 14.1. The molecule has 5 heterocycles. The van der Waals surface area contributed by atoms with Crippen LogP contribution in [0.3, 0.4) is 0 Å². The first-order chi connectivity index (χ1) is 28.4. The van der Waals surface area contributed by atoms with Gasteiger partial charge >= 0.3 is 0 Å². The average molecular weight is 859 g/mol. The highest BCUT2D eigenvalue weighted by molar-refractivity contribution is 5.88. The van der Waals surface area contributed by atoms with Crippen LogP contribution in [0, 0.1) is 0 Å². The average Bonchev–Trinajstić information content (AvgIpc) is 3.21. The van der Waals surface area contributed by atoms with Crippen molar-refractivity contribution in [2.24, 2.45) is 0 Å². The van der Waals surface area contributed by atoms with Crippen LogP contribution in [0.2, 0.25) is 0 Å². The Kier molecular flexibility index (Phi) is 12.9. The molecule has 7 rings (SSSR count). The van der Waals surface area contributed by atoms with Gasteiger partial charge in [-0.2, -0.15) is 0 Å². The van der Waals surface area contributed by atoms with Crippen LogP contribution in [0.25, 0.3) is 22.3 Å². The van der Waals surface area contributed by atoms with Crippen LogP contribution in [-0.4, -0.2) is 197 Å². The monoisotopic (exact) mass is 858 g/mol. The molecule has 4 aliphatic rings. The molecule has 0 saturated carbocycles. The number of ether oxygens (including phenoxy) is 8. The van der Waals surface area contributed by atoms with Crippen molar-refractivity contribution in [1.29, 1.82) is 0 Å². The molecule has 0 bridgehead atoms. The number of phenolic OH excluding ortho intramolecular Hbond substituents is 3. The Bertz CT molecular complexity index is 2010. The van der Waals surface area contributed by atoms with E-state index in [0.29, 0.717) is 0 Å². The SMILES string of the molecule is C[C@@]1(O[C@@H]2OC[C@@H](O)[C@@H](O)C2O)C(O)[C@H](OCC2O[C@@H](Oc3c(-c4ccc(O)cc4)oc4cc(O)cc(O)c4c3=O)C(O[C@@H]3OC[C@@H](O)[C@@H](O)C3O)[C@H](O)[C@H]2O)OC[C@@H]1O. The number of aliphatic hydroxyl groups excluding tert-OH is 10. The summed E-state index contributed by atoms with van der Waals surface area (Å²) in [5.41, 5.74) is -3.26. The minimum absolute atomic E-state index is 0.106. The summed E-state index contributed by atoms with van der Waals surface area (Å²) in [6.07, 6.45) is -28.3. The fraction of sp³-hybridized carbons (Fsp3) is 0.595. The molecule has 4 saturated heterocycles. The highest BCUT2D eigenvalue weighted by Gasteiger charge is 2.55. The van der Waals surface area contributed by atoms with Gasteiger partial charge in [-0.15, -0.1) is 0 Å². The standard InChI is InChI=1S/C37H46O23/c1-37(60-34-28(50)23(45)17(42)9-53-34)20(43)11-55-36(32(37)51)54-10-19-24(46)26(48)31(59-33-27(49)22(44)16(41)8-52-33)35(57-19)58-30-25(47)21-15(40)6-14(39)7-18(21)56-29(30)12-2-4-13(38)5-3-12/h2-7,16-17,19-20,22-24,26-28,31-36,38-46,48-51H,8-11H2,1H3/t16-,17-,19?,20+,22-,23-,24+,26-,27?,28?,31?,32?,33+,34+,35+,36-,37+/m1/s1. The summed E-state index contributed by atoms with van der Waals surface area (Å²) in [5, 5.41) is 137. The fourth-order valence-corrected chi connectivity index (χ4v) is 7.15. The molecule has 4 aliphatic heterocycles. The van der Waals surface area contributed by atoms with Gasteiger partial charge in [0, 0.05) is 17.7 Å². The molecule has 13 N–H and O–H groups in total. The van der Waals surface area contributed by atoms with E-state index >= 15 is 0 Å². The molecule has 2 aromatic carbocycles. The number of phenols is 3. The predicted octanol–water partition coefficient (Wildman–Crippen LogP) is -4.46. The van der Waals surface area contributed by atoms with Crippen molar-refractivity contribution in [1.82, 2.24) is 0 Å². The predicted molar refractivity (Wildman–Crippen MR) is 192 cm³/mol. The number of benzene rings is 2. The van der Waals surface area contributed by atoms with Gasteiger partial charge in [0.15, 0.2) is 30.7 Å². The van der Waals surface area contributed by atoms with Crippen molar-refractivity contribution in [3.05, 3.63) is 46.6 Å². The second-order valence-electron chi connectivity index (χ2n) is 15.0. The molecule has 17 atom stereocenters. The first-order valence-electron chi connectivity index (χ1n) is 18.6. The van der Waals surface area contributed by atoms with Crippen molar-refractivity contribution < 1.29 is 109 Å². The maximum Gasteiger partial charge on any atom is 0.239 e. The van der Waals surface area contributed by atoms with Crippen LogP contribution >= 0.6 is 0 Å². The van der Waals surface area contributed by atoms with E-state index in [1.165, 1.54) is 31.2 Å². The lowest BCUT2D eigenvalue weighted by atomic mass is 9.89. The highest BCUT2D eigenvalue weighted by Crippen LogP contribution is 2.39. The van der Waals surface area contributed by atoms with Gasteiger partial charge in [0.1, 0.15) is 101 Å². The van der Waals surface area contributed by atoms with Crippen molar-refractivity contribution in [3.63, 3.8) is 0 Å². The Balaban J connectivity index is 1.19. The largest absolute Gasteiger partial charge is 0.508 e. The number of aromatic hydroxyl groups is 3. The van der Waals surface area contributed by atoms with Crippen molar-refractivity contribution >= 4 is 11.0 Å². The van der Waals surface area contributed by atoms with E-state index in [-0.39, 0.29) is 22.7 Å². The van der Waals surface area contributed by atoms with Crippen LogP contribution < -0.4 is 10.2 Å². The quantitative estimate of drug-likeness (QED) is 0.0914. The zero-order chi connectivity index (χ0) is 43.4. The minimum Gasteiger partial charge on any atom is -0.508 e. The smallest absolute Gasteiger partial charge is 0.239 e. The van der Waals surface area contributed by atoms with E-state index < -0.39 is 158 Å². The first kappa shape index (κ1) is 44.2. The summed E-state index contributed by atoms with van der Waals surface area (Å²) < 4.78 is 51.4. The number of rotatable bonds is 10. The lowest BCUT2D eigenvalue weighted by Gasteiger charge is -2.49. The van der Waals surface area contributed by atoms with Crippen LogP contribution in [0.15, 0.2) is 45.6 Å². The fourth-order valence-electron chi connectivity index (χ4n) is 7.15. The molecule has 0 radical (unpaired) electrons. The molecule has 60 heavy (non-hydrogen) atoms. The molecule has 23 heteroatoms. The van der Waals surface area contributed by atoms with E-state index in [2.05, 4.69) is 0 Å². The van der Waals surface area contributed by atoms with Gasteiger partial charge in [0.2, 0.25) is 17.5 Å². The van der Waals surface area contributed by atoms with E-state index in [1.807, 2.05) is 0 Å². The zero-order valence-electron chi connectivity index (χ0n) is 31.4. The summed E-state index contributed by atoms with van der Waals surface area (Å²) in [5.74, 6) is -2.42. The molecular weight excluding hydrogens is 812 g/mol. The van der Waals surface area contributed by atoms with Gasteiger partial charge in [-0.25, -0.2) is 0 Å². The van der Waals surface area contributed by atoms with Crippen LogP contribution in [-0.2, 0) is 33.2 Å². The zero-order valence-corrected chi connectivity index (χ0v) is 31.4. The van der Waals surface area contributed by atoms with Crippen LogP contribution in [0.4, 0.5) is 0 Å². The van der Waals surface area contributed by atoms with Crippen LogP contribution in [0.5, 0.6) is 23.0 Å². The second kappa shape index (κ2) is 17.5. The molecule has 332 valence electrons. The van der Waals surface area contributed by atoms with E-state index in [4.69, 9.17) is 42.3 Å². The molecule has 4 fully saturated rings. The Morgan fingerprint density at radius 2 is 1.32 bits per heavy atom. The third-order valence-electron chi connectivity index (χ3n) is 10.8. The summed E-state index contributed by atoms with van der Waals surface area (Å²) in [6.45, 7) is -1.05. The first-order valence-corrected chi connectivity index (χ1v) is 18.6. The molecule has 3 aromatic rings. The van der Waals surface area contributed by atoms with Gasteiger partial charge in [0.05, 0.1) is 26.4 Å². The molecule has 0 aliphatic carbocycles. The molecule has 0 spiro atoms. The number of hydrogen-bond acceptors (Lipinski definition) is 23. The number of fused-ring (bicyclic) bond motifs is 1. The molecule has 23 nitrogen and oxygen atoms in total. The van der Waals surface area contributed by atoms with Gasteiger partial charge in [-0.05, 0) is 31.2 Å². The highest BCUT2D eigenvalue weighted by atomic mass is 16.8. The summed E-state index contributed by atoms with van der Waals surface area (Å²) in [4.78, 5) is 14.1. The maximum absolute atomic E-state index is 14.1. The van der Waals surface area contributed by atoms with Crippen molar-refractivity contribution in [3.8, 4) is 34.3 Å². The lowest BCUT2D eigenvalue weighted by Crippen LogP contribution is -2.67. The van der Waals surface area contributed by atoms with Gasteiger partial charge in [-0.3, -0.25) is 4.79 Å². The van der Waals surface area contributed by atoms with E-state index in [0.717, 1.165) is 12.1 Å². The summed E-state index contributed by atoms with van der Waals surface area (Å²) in [7, 11) is 0. The van der Waals surface area contributed by atoms with Gasteiger partial charge in [0.25, 0.3) is 0 Å². The topological polar surface area (TPSA) is 367 Å². The molecule has 5 unspecified atom stereocenters. The van der Waals surface area contributed by atoms with Crippen molar-refractivity contribution in [2.45, 2.75) is 111 Å². The van der Waals surface area contributed by atoms with Gasteiger partial charge in [-0.1, -0.05) is 0 Å². The third-order valence-corrected chi connectivity index (χ3v) is 10.8. The number of hydrogen-bond donors (Lipinski definition) is 13. The molecular formula is C37H46O23. The van der Waals surface area contributed by atoms with E-state index in [9.17, 15) is 71.2 Å². The summed E-state index contributed by atoms with van der Waals surface area (Å²) in [6, 6.07) is 7.05.